The molecule has 0 amide bonds. The number of nitriles is 1. The minimum absolute atomic E-state index is 0.140. The number of rotatable bonds is 9. The largest absolute Gasteiger partial charge is 0.391 e. The van der Waals surface area contributed by atoms with E-state index in [0.717, 1.165) is 66.9 Å². The molecule has 3 heterocycles. The molecule has 2 aliphatic rings. The Balaban J connectivity index is 1.60. The third-order valence-electron chi connectivity index (χ3n) is 6.88. The highest BCUT2D eigenvalue weighted by atomic mass is 32.2. The number of benzene rings is 1. The Morgan fingerprint density at radius 1 is 1.26 bits per heavy atom. The number of hydrogen-bond donors (Lipinski definition) is 1. The van der Waals surface area contributed by atoms with E-state index in [0.29, 0.717) is 18.2 Å². The SMILES string of the molecule is CSCCCCc1cc(C(=O)CN2C3CCC2[C@H](O)C3)c(C)n1-c1ccc(C#N)cc1. The van der Waals surface area contributed by atoms with Crippen LogP contribution < -0.4 is 0 Å². The zero-order valence-corrected chi connectivity index (χ0v) is 19.2. The van der Waals surface area contributed by atoms with Gasteiger partial charge in [-0.05, 0) is 87.8 Å². The molecule has 2 aromatic rings. The number of hydrogen-bond acceptors (Lipinski definition) is 5. The van der Waals surface area contributed by atoms with Crippen LogP contribution in [0.1, 0.15) is 59.4 Å². The molecule has 1 N–H and O–H groups in total. The maximum absolute atomic E-state index is 13.3. The summed E-state index contributed by atoms with van der Waals surface area (Å²) in [6, 6.07) is 12.3. The van der Waals surface area contributed by atoms with Crippen molar-refractivity contribution in [3.8, 4) is 11.8 Å². The molecule has 2 saturated heterocycles. The van der Waals surface area contributed by atoms with Crippen molar-refractivity contribution >= 4 is 17.5 Å². The number of carbonyl (C=O) groups is 1. The van der Waals surface area contributed by atoms with Gasteiger partial charge in [0, 0.05) is 34.7 Å². The second-order valence-electron chi connectivity index (χ2n) is 8.78. The van der Waals surface area contributed by atoms with Crippen molar-refractivity contribution in [1.29, 1.82) is 5.26 Å². The zero-order chi connectivity index (χ0) is 22.0. The average molecular weight is 438 g/mol. The van der Waals surface area contributed by atoms with Crippen LogP contribution in [0.5, 0.6) is 0 Å². The van der Waals surface area contributed by atoms with Gasteiger partial charge in [-0.3, -0.25) is 9.69 Å². The normalized spacial score (nSPS) is 22.7. The fraction of sp³-hybridized carbons (Fsp3) is 0.520. The number of aliphatic hydroxyl groups is 1. The van der Waals surface area contributed by atoms with Crippen molar-refractivity contribution in [1.82, 2.24) is 9.47 Å². The summed E-state index contributed by atoms with van der Waals surface area (Å²) in [7, 11) is 0. The van der Waals surface area contributed by atoms with Crippen LogP contribution in [0.15, 0.2) is 30.3 Å². The molecule has 3 atom stereocenters. The first-order valence-electron chi connectivity index (χ1n) is 11.2. The molecule has 2 unspecified atom stereocenters. The minimum Gasteiger partial charge on any atom is -0.391 e. The highest BCUT2D eigenvalue weighted by Crippen LogP contribution is 2.37. The Hall–Kier alpha value is -2.07. The van der Waals surface area contributed by atoms with Crippen LogP contribution in [0.2, 0.25) is 0 Å². The summed E-state index contributed by atoms with van der Waals surface area (Å²) >= 11 is 1.86. The average Bonchev–Trinajstić information content (AvgIpc) is 3.41. The third kappa shape index (κ3) is 4.45. The standard InChI is InChI=1S/C25H31N3O2S/c1-17-22(25(30)16-27-20-10-11-23(27)24(29)14-20)13-21(5-3-4-12-31-2)28(17)19-8-6-18(15-26)7-9-19/h6-9,13,20,23-24,29H,3-5,10-12,14,16H2,1-2H3/t20?,23?,24-/m1/s1. The molecule has 5 nitrogen and oxygen atoms in total. The molecule has 1 aromatic carbocycles. The van der Waals surface area contributed by atoms with Crippen molar-refractivity contribution in [3.63, 3.8) is 0 Å². The van der Waals surface area contributed by atoms with Gasteiger partial charge in [0.05, 0.1) is 24.3 Å². The molecule has 0 aliphatic carbocycles. The highest BCUT2D eigenvalue weighted by molar-refractivity contribution is 7.98. The van der Waals surface area contributed by atoms with Crippen LogP contribution in [0.3, 0.4) is 0 Å². The summed E-state index contributed by atoms with van der Waals surface area (Å²) in [6.07, 6.45) is 7.86. The zero-order valence-electron chi connectivity index (χ0n) is 18.4. The molecule has 0 radical (unpaired) electrons. The summed E-state index contributed by atoms with van der Waals surface area (Å²) in [5.41, 5.74) is 4.52. The van der Waals surface area contributed by atoms with E-state index in [2.05, 4.69) is 27.9 Å². The number of fused-ring (bicyclic) bond motifs is 2. The molecule has 2 bridgehead atoms. The number of carbonyl (C=O) groups excluding carboxylic acids is 1. The van der Waals surface area contributed by atoms with E-state index in [4.69, 9.17) is 5.26 Å². The fourth-order valence-electron chi connectivity index (χ4n) is 5.30. The Morgan fingerprint density at radius 3 is 2.65 bits per heavy atom. The molecule has 6 heteroatoms. The number of thioether (sulfide) groups is 1. The van der Waals surface area contributed by atoms with Crippen molar-refractivity contribution in [2.24, 2.45) is 0 Å². The van der Waals surface area contributed by atoms with Crippen molar-refractivity contribution in [2.45, 2.75) is 63.6 Å². The van der Waals surface area contributed by atoms with Gasteiger partial charge < -0.3 is 9.67 Å². The maximum atomic E-state index is 13.3. The van der Waals surface area contributed by atoms with Gasteiger partial charge in [-0.25, -0.2) is 0 Å². The molecule has 0 spiro atoms. The van der Waals surface area contributed by atoms with Crippen LogP contribution in [0.4, 0.5) is 0 Å². The molecule has 2 aliphatic heterocycles. The van der Waals surface area contributed by atoms with E-state index in [1.807, 2.05) is 43.0 Å². The lowest BCUT2D eigenvalue weighted by molar-refractivity contribution is 0.0873. The molecule has 4 rings (SSSR count). The van der Waals surface area contributed by atoms with Gasteiger partial charge in [-0.15, -0.1) is 0 Å². The molecule has 164 valence electrons. The fourth-order valence-corrected chi connectivity index (χ4v) is 5.79. The van der Waals surface area contributed by atoms with Crippen LogP contribution >= 0.6 is 11.8 Å². The third-order valence-corrected chi connectivity index (χ3v) is 7.58. The lowest BCUT2D eigenvalue weighted by Gasteiger charge is -2.21. The van der Waals surface area contributed by atoms with Gasteiger partial charge in [-0.1, -0.05) is 0 Å². The smallest absolute Gasteiger partial charge is 0.178 e. The Bertz CT molecular complexity index is 976. The summed E-state index contributed by atoms with van der Waals surface area (Å²) in [5, 5.41) is 19.4. The topological polar surface area (TPSA) is 69.3 Å². The summed E-state index contributed by atoms with van der Waals surface area (Å²) in [6.45, 7) is 2.40. The van der Waals surface area contributed by atoms with Crippen LogP contribution in [-0.2, 0) is 6.42 Å². The van der Waals surface area contributed by atoms with Gasteiger partial charge in [-0.2, -0.15) is 17.0 Å². The number of unbranched alkanes of at least 4 members (excludes halogenated alkanes) is 1. The lowest BCUT2D eigenvalue weighted by atomic mass is 9.98. The van der Waals surface area contributed by atoms with Gasteiger partial charge in [0.25, 0.3) is 0 Å². The molecular formula is C25H31N3O2S. The first-order chi connectivity index (χ1) is 15.0. The number of Topliss-reactive ketones (excluding diaryl/α,β-unsaturated/α-hetero) is 1. The highest BCUT2D eigenvalue weighted by Gasteiger charge is 2.46. The van der Waals surface area contributed by atoms with Crippen LogP contribution in [-0.4, -0.2) is 57.1 Å². The predicted octanol–water partition coefficient (Wildman–Crippen LogP) is 4.12. The second kappa shape index (κ2) is 9.60. The van der Waals surface area contributed by atoms with E-state index in [1.54, 1.807) is 0 Å². The van der Waals surface area contributed by atoms with Crippen molar-refractivity contribution in [2.75, 3.05) is 18.6 Å². The minimum atomic E-state index is -0.289. The number of ketones is 1. The van der Waals surface area contributed by atoms with E-state index in [-0.39, 0.29) is 17.9 Å². The Morgan fingerprint density at radius 2 is 2.03 bits per heavy atom. The molecule has 0 saturated carbocycles. The first-order valence-corrected chi connectivity index (χ1v) is 12.6. The molecular weight excluding hydrogens is 406 g/mol. The van der Waals surface area contributed by atoms with Gasteiger partial charge in [0.15, 0.2) is 5.78 Å². The Labute approximate surface area is 189 Å². The van der Waals surface area contributed by atoms with Crippen LogP contribution in [0.25, 0.3) is 5.69 Å². The lowest BCUT2D eigenvalue weighted by Crippen LogP contribution is -2.36. The van der Waals surface area contributed by atoms with Gasteiger partial charge >= 0.3 is 0 Å². The Kier molecular flexibility index (Phi) is 6.86. The summed E-state index contributed by atoms with van der Waals surface area (Å²) < 4.78 is 2.18. The summed E-state index contributed by atoms with van der Waals surface area (Å²) in [5.74, 6) is 1.28. The quantitative estimate of drug-likeness (QED) is 0.472. The monoisotopic (exact) mass is 437 g/mol. The van der Waals surface area contributed by atoms with E-state index in [9.17, 15) is 9.90 Å². The number of aromatic nitrogens is 1. The van der Waals surface area contributed by atoms with E-state index >= 15 is 0 Å². The van der Waals surface area contributed by atoms with Crippen molar-refractivity contribution in [3.05, 3.63) is 52.8 Å². The first kappa shape index (κ1) is 22.1. The van der Waals surface area contributed by atoms with E-state index in [1.165, 1.54) is 0 Å². The second-order valence-corrected chi connectivity index (χ2v) is 9.76. The maximum Gasteiger partial charge on any atom is 0.178 e. The number of aliphatic hydroxyl groups excluding tert-OH is 1. The number of aryl methyl sites for hydroxylation is 1. The van der Waals surface area contributed by atoms with Gasteiger partial charge in [0.2, 0.25) is 0 Å². The van der Waals surface area contributed by atoms with E-state index < -0.39 is 0 Å². The van der Waals surface area contributed by atoms with Crippen molar-refractivity contribution < 1.29 is 9.90 Å². The molecule has 31 heavy (non-hydrogen) atoms. The van der Waals surface area contributed by atoms with Crippen LogP contribution in [0, 0.1) is 18.3 Å². The number of nitrogens with zero attached hydrogens (tertiary/aromatic N) is 3. The summed E-state index contributed by atoms with van der Waals surface area (Å²) in [4.78, 5) is 15.6. The molecule has 2 fully saturated rings. The molecule has 1 aromatic heterocycles. The van der Waals surface area contributed by atoms with Gasteiger partial charge in [0.1, 0.15) is 0 Å². The predicted molar refractivity (Wildman–Crippen MR) is 125 cm³/mol.